The third-order valence-corrected chi connectivity index (χ3v) is 4.63. The van der Waals surface area contributed by atoms with E-state index in [1.807, 2.05) is 0 Å². The number of sulfonamides is 1. The van der Waals surface area contributed by atoms with Crippen LogP contribution in [0, 0.1) is 5.82 Å². The molecule has 0 aliphatic rings. The predicted octanol–water partition coefficient (Wildman–Crippen LogP) is 1.34. The Hall–Kier alpha value is -0.990. The quantitative estimate of drug-likeness (QED) is 0.869. The van der Waals surface area contributed by atoms with Crippen molar-refractivity contribution in [1.29, 1.82) is 0 Å². The highest BCUT2D eigenvalue weighted by Gasteiger charge is 2.26. The summed E-state index contributed by atoms with van der Waals surface area (Å²) in [5.74, 6) is -1.30. The highest BCUT2D eigenvalue weighted by Crippen LogP contribution is 2.22. The van der Waals surface area contributed by atoms with E-state index < -0.39 is 26.6 Å². The fourth-order valence-electron chi connectivity index (χ4n) is 1.38. The van der Waals surface area contributed by atoms with E-state index in [4.69, 9.17) is 0 Å². The van der Waals surface area contributed by atoms with Crippen molar-refractivity contribution in [3.05, 3.63) is 28.5 Å². The largest absolute Gasteiger partial charge is 0.355 e. The van der Waals surface area contributed by atoms with Crippen LogP contribution < -0.4 is 5.32 Å². The molecule has 19 heavy (non-hydrogen) atoms. The van der Waals surface area contributed by atoms with Gasteiger partial charge in [0.1, 0.15) is 10.7 Å². The molecule has 1 rings (SSSR count). The lowest BCUT2D eigenvalue weighted by molar-refractivity contribution is -0.121. The molecule has 1 aromatic carbocycles. The van der Waals surface area contributed by atoms with Crippen LogP contribution in [0.1, 0.15) is 6.92 Å². The normalized spacial score (nSPS) is 11.6. The smallest absolute Gasteiger partial charge is 0.246 e. The predicted molar refractivity (Wildman–Crippen MR) is 72.6 cm³/mol. The number of nitrogens with one attached hydrogen (secondary N) is 1. The number of hydrogen-bond acceptors (Lipinski definition) is 3. The minimum atomic E-state index is -4.04. The summed E-state index contributed by atoms with van der Waals surface area (Å²) in [4.78, 5) is 10.9. The van der Waals surface area contributed by atoms with Crippen molar-refractivity contribution in [1.82, 2.24) is 9.62 Å². The molecule has 0 bridgehead atoms. The van der Waals surface area contributed by atoms with E-state index in [0.29, 0.717) is 11.0 Å². The molecule has 106 valence electrons. The van der Waals surface area contributed by atoms with E-state index in [2.05, 4.69) is 21.2 Å². The maximum absolute atomic E-state index is 13.6. The molecule has 0 spiro atoms. The van der Waals surface area contributed by atoms with Gasteiger partial charge in [-0.15, -0.1) is 0 Å². The maximum Gasteiger partial charge on any atom is 0.246 e. The highest BCUT2D eigenvalue weighted by molar-refractivity contribution is 9.10. The van der Waals surface area contributed by atoms with Crippen LogP contribution in [0.2, 0.25) is 0 Å². The van der Waals surface area contributed by atoms with Crippen LogP contribution in [0.25, 0.3) is 0 Å². The van der Waals surface area contributed by atoms with E-state index >= 15 is 0 Å². The molecule has 1 aromatic rings. The lowest BCUT2D eigenvalue weighted by atomic mass is 10.3. The Kier molecular flexibility index (Phi) is 5.45. The van der Waals surface area contributed by atoms with Crippen molar-refractivity contribution < 1.29 is 17.6 Å². The molecule has 0 aliphatic heterocycles. The molecule has 0 fully saturated rings. The van der Waals surface area contributed by atoms with Crippen LogP contribution in [0.4, 0.5) is 4.39 Å². The van der Waals surface area contributed by atoms with Crippen molar-refractivity contribution in [2.75, 3.05) is 20.1 Å². The number of rotatable bonds is 5. The van der Waals surface area contributed by atoms with E-state index in [1.54, 1.807) is 6.92 Å². The Balaban J connectivity index is 3.03. The number of carbonyl (C=O) groups excluding carboxylic acids is 1. The summed E-state index contributed by atoms with van der Waals surface area (Å²) in [7, 11) is -2.81. The van der Waals surface area contributed by atoms with Gasteiger partial charge in [-0.25, -0.2) is 12.8 Å². The van der Waals surface area contributed by atoms with Gasteiger partial charge in [-0.2, -0.15) is 4.31 Å². The number of likely N-dealkylation sites (N-methyl/N-ethyl adjacent to an activating group) is 2. The van der Waals surface area contributed by atoms with E-state index in [-0.39, 0.29) is 6.54 Å². The van der Waals surface area contributed by atoms with Gasteiger partial charge in [0, 0.05) is 18.1 Å². The van der Waals surface area contributed by atoms with E-state index in [0.717, 1.165) is 10.4 Å². The first-order valence-electron chi connectivity index (χ1n) is 5.47. The van der Waals surface area contributed by atoms with Crippen LogP contribution >= 0.6 is 15.9 Å². The van der Waals surface area contributed by atoms with Crippen molar-refractivity contribution in [2.45, 2.75) is 11.8 Å². The van der Waals surface area contributed by atoms with Gasteiger partial charge in [0.2, 0.25) is 15.9 Å². The molecule has 1 amide bonds. The number of carbonyl (C=O) groups is 1. The van der Waals surface area contributed by atoms with Crippen molar-refractivity contribution >= 4 is 31.9 Å². The first-order chi connectivity index (χ1) is 8.78. The fraction of sp³-hybridized carbons (Fsp3) is 0.364. The van der Waals surface area contributed by atoms with Gasteiger partial charge in [0.15, 0.2) is 0 Å². The van der Waals surface area contributed by atoms with Crippen molar-refractivity contribution in [2.24, 2.45) is 0 Å². The molecule has 0 atom stereocenters. The number of nitrogens with zero attached hydrogens (tertiary/aromatic N) is 1. The average Bonchev–Trinajstić information content (AvgIpc) is 2.32. The lowest BCUT2D eigenvalue weighted by Gasteiger charge is -2.17. The molecule has 0 unspecified atom stereocenters. The monoisotopic (exact) mass is 352 g/mol. The van der Waals surface area contributed by atoms with Gasteiger partial charge < -0.3 is 5.32 Å². The minimum absolute atomic E-state index is 0.359. The van der Waals surface area contributed by atoms with Crippen molar-refractivity contribution in [3.63, 3.8) is 0 Å². The standard InChI is InChI=1S/C11H14BrFN2O3S/c1-3-14-11(16)7-15(2)19(17,18)10-6-8(12)4-5-9(10)13/h4-6H,3,7H2,1-2H3,(H,14,16). The van der Waals surface area contributed by atoms with Crippen LogP contribution in [0.5, 0.6) is 0 Å². The molecule has 0 saturated heterocycles. The average molecular weight is 353 g/mol. The van der Waals surface area contributed by atoms with Crippen molar-refractivity contribution in [3.8, 4) is 0 Å². The summed E-state index contributed by atoms with van der Waals surface area (Å²) < 4.78 is 39.1. The third kappa shape index (κ3) is 3.99. The first kappa shape index (κ1) is 16.1. The Morgan fingerprint density at radius 2 is 2.11 bits per heavy atom. The van der Waals surface area contributed by atoms with Gasteiger partial charge in [-0.1, -0.05) is 15.9 Å². The molecule has 5 nitrogen and oxygen atoms in total. The molecule has 0 radical (unpaired) electrons. The Bertz CT molecular complexity index is 577. The molecule has 0 heterocycles. The van der Waals surface area contributed by atoms with Gasteiger partial charge in [0.05, 0.1) is 6.54 Å². The van der Waals surface area contributed by atoms with Crippen LogP contribution in [0.15, 0.2) is 27.6 Å². The summed E-state index contributed by atoms with van der Waals surface area (Å²) >= 11 is 3.08. The lowest BCUT2D eigenvalue weighted by Crippen LogP contribution is -2.38. The van der Waals surface area contributed by atoms with Gasteiger partial charge in [-0.05, 0) is 25.1 Å². The molecule has 0 aliphatic carbocycles. The third-order valence-electron chi connectivity index (χ3n) is 2.32. The topological polar surface area (TPSA) is 66.5 Å². The Labute approximate surface area is 120 Å². The Morgan fingerprint density at radius 3 is 2.68 bits per heavy atom. The maximum atomic E-state index is 13.6. The summed E-state index contributed by atoms with van der Waals surface area (Å²) in [6.45, 7) is 1.76. The zero-order valence-corrected chi connectivity index (χ0v) is 12.9. The SMILES string of the molecule is CCNC(=O)CN(C)S(=O)(=O)c1cc(Br)ccc1F. The highest BCUT2D eigenvalue weighted by atomic mass is 79.9. The second-order valence-electron chi connectivity index (χ2n) is 3.79. The van der Waals surface area contributed by atoms with Crippen LogP contribution in [-0.2, 0) is 14.8 Å². The van der Waals surface area contributed by atoms with E-state index in [9.17, 15) is 17.6 Å². The van der Waals surface area contributed by atoms with E-state index in [1.165, 1.54) is 19.2 Å². The molecular weight excluding hydrogens is 339 g/mol. The number of benzene rings is 1. The number of halogens is 2. The number of amides is 1. The zero-order chi connectivity index (χ0) is 14.6. The minimum Gasteiger partial charge on any atom is -0.355 e. The molecular formula is C11H14BrFN2O3S. The molecule has 0 saturated carbocycles. The summed E-state index contributed by atoms with van der Waals surface area (Å²) in [5.41, 5.74) is 0. The molecule has 1 N–H and O–H groups in total. The first-order valence-corrected chi connectivity index (χ1v) is 7.70. The summed E-state index contributed by atoms with van der Waals surface area (Å²) in [5, 5.41) is 2.48. The summed E-state index contributed by atoms with van der Waals surface area (Å²) in [6.07, 6.45) is 0. The number of hydrogen-bond donors (Lipinski definition) is 1. The molecule has 0 aromatic heterocycles. The second kappa shape index (κ2) is 6.44. The second-order valence-corrected chi connectivity index (χ2v) is 6.72. The summed E-state index contributed by atoms with van der Waals surface area (Å²) in [6, 6.07) is 3.62. The van der Waals surface area contributed by atoms with Gasteiger partial charge in [0.25, 0.3) is 0 Å². The zero-order valence-electron chi connectivity index (χ0n) is 10.5. The van der Waals surface area contributed by atoms with Gasteiger partial charge in [-0.3, -0.25) is 4.79 Å². The fourth-order valence-corrected chi connectivity index (χ4v) is 3.11. The Morgan fingerprint density at radius 1 is 1.47 bits per heavy atom. The molecule has 8 heteroatoms. The van der Waals surface area contributed by atoms with Gasteiger partial charge >= 0.3 is 0 Å². The van der Waals surface area contributed by atoms with Crippen LogP contribution in [0.3, 0.4) is 0 Å². The van der Waals surface area contributed by atoms with Crippen LogP contribution in [-0.4, -0.2) is 38.8 Å².